The molecule has 8 heavy (non-hydrogen) atoms. The van der Waals surface area contributed by atoms with Gasteiger partial charge in [-0.25, -0.2) is 0 Å². The van der Waals surface area contributed by atoms with E-state index in [1.165, 1.54) is 23.3 Å². The molecule has 2 nitrogen and oxygen atoms in total. The van der Waals surface area contributed by atoms with E-state index in [9.17, 15) is 0 Å². The Balaban J connectivity index is 0. The van der Waals surface area contributed by atoms with Crippen LogP contribution >= 0.6 is 0 Å². The number of aliphatic carboxylic acids is 1. The zero-order valence-corrected chi connectivity index (χ0v) is 7.98. The molecule has 0 fully saturated rings. The van der Waals surface area contributed by atoms with Gasteiger partial charge in [-0.3, -0.25) is 0 Å². The van der Waals surface area contributed by atoms with Crippen molar-refractivity contribution in [3.05, 3.63) is 12.7 Å². The minimum atomic E-state index is -1.23. The first-order chi connectivity index (χ1) is 3.68. The molecule has 0 spiro atoms. The van der Waals surface area contributed by atoms with Crippen molar-refractivity contribution in [3.8, 4) is 0 Å². The summed E-state index contributed by atoms with van der Waals surface area (Å²) in [5.41, 5.74) is 0. The van der Waals surface area contributed by atoms with Gasteiger partial charge in [0.15, 0.2) is 0 Å². The summed E-state index contributed by atoms with van der Waals surface area (Å²) in [4.78, 5) is 9.14. The van der Waals surface area contributed by atoms with Crippen LogP contribution in [0.15, 0.2) is 12.7 Å². The standard InChI is InChI=1S/C3H4O2.C2H5.Zn/c1-2-3(4)5;1-2;/h2H,1H2,(H,4,5);1H2,2H3;/q;;+1/p-1. The van der Waals surface area contributed by atoms with Gasteiger partial charge in [0.05, 0.1) is 5.97 Å². The summed E-state index contributed by atoms with van der Waals surface area (Å²) < 4.78 is 0. The van der Waals surface area contributed by atoms with Gasteiger partial charge < -0.3 is 9.90 Å². The van der Waals surface area contributed by atoms with Gasteiger partial charge in [0.1, 0.15) is 0 Å². The van der Waals surface area contributed by atoms with Crippen LogP contribution in [-0.4, -0.2) is 5.97 Å². The maximum absolute atomic E-state index is 9.14. The summed E-state index contributed by atoms with van der Waals surface area (Å²) in [7, 11) is 0. The molecule has 0 aliphatic carbocycles. The third kappa shape index (κ3) is 40.5. The van der Waals surface area contributed by atoms with Gasteiger partial charge in [0.25, 0.3) is 0 Å². The van der Waals surface area contributed by atoms with Crippen molar-refractivity contribution >= 4 is 5.97 Å². The number of carboxylic acid groups (broad SMARTS) is 1. The SMILES string of the molecule is C=CC(=O)[O-].C[CH2][Zn+]. The third-order valence-corrected chi connectivity index (χ3v) is 0.167. The van der Waals surface area contributed by atoms with Crippen LogP contribution in [0.2, 0.25) is 5.02 Å². The summed E-state index contributed by atoms with van der Waals surface area (Å²) in [6.07, 6.45) is 0.722. The second kappa shape index (κ2) is 9.95. The Morgan fingerprint density at radius 1 is 2.00 bits per heavy atom. The minimum absolute atomic E-state index is 0.722. The van der Waals surface area contributed by atoms with Crippen LogP contribution in [0.4, 0.5) is 0 Å². The quantitative estimate of drug-likeness (QED) is 0.402. The molecule has 0 unspecified atom stereocenters. The average molecular weight is 166 g/mol. The summed E-state index contributed by atoms with van der Waals surface area (Å²) in [5, 5.41) is 10.5. The molecule has 0 saturated heterocycles. The number of carboxylic acids is 1. The molecule has 0 N–H and O–H groups in total. The Morgan fingerprint density at radius 3 is 2.12 bits per heavy atom. The van der Waals surface area contributed by atoms with E-state index in [0.717, 1.165) is 6.08 Å². The van der Waals surface area contributed by atoms with Crippen LogP contribution in [-0.2, 0) is 23.1 Å². The van der Waals surface area contributed by atoms with E-state index in [1.54, 1.807) is 0 Å². The zero-order valence-electron chi connectivity index (χ0n) is 5.02. The number of hydrogen-bond acceptors (Lipinski definition) is 2. The summed E-state index contributed by atoms with van der Waals surface area (Å²) in [5.74, 6) is -1.23. The van der Waals surface area contributed by atoms with Gasteiger partial charge in [-0.15, -0.1) is 0 Å². The van der Waals surface area contributed by atoms with Crippen molar-refractivity contribution < 1.29 is 28.2 Å². The van der Waals surface area contributed by atoms with E-state index < -0.39 is 5.97 Å². The molecule has 0 aromatic heterocycles. The van der Waals surface area contributed by atoms with Crippen molar-refractivity contribution in [2.75, 3.05) is 0 Å². The molecule has 0 bridgehead atoms. The Morgan fingerprint density at radius 2 is 2.12 bits per heavy atom. The second-order valence-corrected chi connectivity index (χ2v) is 3.12. The number of rotatable bonds is 1. The molecule has 3 heteroatoms. The van der Waals surface area contributed by atoms with Crippen LogP contribution in [0.1, 0.15) is 6.92 Å². The first-order valence-corrected chi connectivity index (χ1v) is 4.41. The van der Waals surface area contributed by atoms with E-state index in [-0.39, 0.29) is 0 Å². The molecule has 42 valence electrons. The van der Waals surface area contributed by atoms with Crippen molar-refractivity contribution in [1.82, 2.24) is 0 Å². The van der Waals surface area contributed by atoms with Crippen molar-refractivity contribution in [1.29, 1.82) is 0 Å². The van der Waals surface area contributed by atoms with Gasteiger partial charge >= 0.3 is 30.2 Å². The van der Waals surface area contributed by atoms with Gasteiger partial charge in [-0.2, -0.15) is 0 Å². The first-order valence-electron chi connectivity index (χ1n) is 2.31. The van der Waals surface area contributed by atoms with Crippen molar-refractivity contribution in [3.63, 3.8) is 0 Å². The molecule has 0 amide bonds. The predicted molar refractivity (Wildman–Crippen MR) is 25.7 cm³/mol. The average Bonchev–Trinajstić information content (AvgIpc) is 1.69. The molecule has 0 aliphatic heterocycles. The molecule has 0 aromatic rings. The van der Waals surface area contributed by atoms with Crippen LogP contribution in [0.3, 0.4) is 0 Å². The molecule has 0 atom stereocenters. The van der Waals surface area contributed by atoms with Gasteiger partial charge in [-0.05, 0) is 6.08 Å². The number of carbonyl (C=O) groups excluding carboxylic acids is 1. The molecule has 0 aromatic carbocycles. The van der Waals surface area contributed by atoms with Crippen molar-refractivity contribution in [2.45, 2.75) is 11.9 Å². The molecule has 0 radical (unpaired) electrons. The van der Waals surface area contributed by atoms with Crippen LogP contribution in [0.5, 0.6) is 0 Å². The Hall–Kier alpha value is -0.167. The van der Waals surface area contributed by atoms with Gasteiger partial charge in [0.2, 0.25) is 0 Å². The molecule has 0 heterocycles. The van der Waals surface area contributed by atoms with E-state index in [4.69, 9.17) is 9.90 Å². The fourth-order valence-corrected chi connectivity index (χ4v) is 0. The normalized spacial score (nSPS) is 6.38. The predicted octanol–water partition coefficient (Wildman–Crippen LogP) is -0.106. The monoisotopic (exact) mass is 164 g/mol. The molecule has 0 rings (SSSR count). The fourth-order valence-electron chi connectivity index (χ4n) is 0. The van der Waals surface area contributed by atoms with Gasteiger partial charge in [-0.1, -0.05) is 6.58 Å². The Kier molecular flexibility index (Phi) is 13.4. The first kappa shape index (κ1) is 10.7. The van der Waals surface area contributed by atoms with Gasteiger partial charge in [0, 0.05) is 0 Å². The Bertz CT molecular complexity index is 70.8. The second-order valence-electron chi connectivity index (χ2n) is 1.02. The van der Waals surface area contributed by atoms with Crippen LogP contribution < -0.4 is 5.11 Å². The maximum atomic E-state index is 9.14. The third-order valence-electron chi connectivity index (χ3n) is 0.167. The fraction of sp³-hybridized carbons (Fsp3) is 0.400. The summed E-state index contributed by atoms with van der Waals surface area (Å²) in [6, 6.07) is 0. The van der Waals surface area contributed by atoms with E-state index in [1.807, 2.05) is 0 Å². The molecular weight excluding hydrogens is 157 g/mol. The Labute approximate surface area is 59.3 Å². The van der Waals surface area contributed by atoms with Crippen molar-refractivity contribution in [2.24, 2.45) is 0 Å². The zero-order chi connectivity index (χ0) is 6.99. The summed E-state index contributed by atoms with van der Waals surface area (Å²) in [6.45, 7) is 5.08. The molecule has 0 saturated carbocycles. The topological polar surface area (TPSA) is 40.1 Å². The molecule has 0 aliphatic rings. The molecular formula is C5H8O2Zn. The van der Waals surface area contributed by atoms with Crippen LogP contribution in [0.25, 0.3) is 0 Å². The summed E-state index contributed by atoms with van der Waals surface area (Å²) >= 11 is 1.44. The van der Waals surface area contributed by atoms with E-state index >= 15 is 0 Å². The van der Waals surface area contributed by atoms with E-state index in [0.29, 0.717) is 0 Å². The number of hydrogen-bond donors (Lipinski definition) is 0. The van der Waals surface area contributed by atoms with E-state index in [2.05, 4.69) is 13.5 Å². The number of carbonyl (C=O) groups is 1. The van der Waals surface area contributed by atoms with Crippen LogP contribution in [0, 0.1) is 0 Å².